The number of thioether (sulfide) groups is 1. The summed E-state index contributed by atoms with van der Waals surface area (Å²) in [5.41, 5.74) is 1.64. The maximum atomic E-state index is 12.9. The van der Waals surface area contributed by atoms with E-state index in [1.807, 2.05) is 56.3 Å². The first-order chi connectivity index (χ1) is 12.6. The number of hydrogen-bond acceptors (Lipinski definition) is 6. The molecule has 3 rings (SSSR count). The molecule has 1 atom stereocenters. The van der Waals surface area contributed by atoms with Gasteiger partial charge in [-0.1, -0.05) is 30.0 Å². The second kappa shape index (κ2) is 8.01. The fourth-order valence-corrected chi connectivity index (χ4v) is 3.38. The maximum absolute atomic E-state index is 12.9. The number of pyridine rings is 1. The van der Waals surface area contributed by atoms with Gasteiger partial charge in [-0.2, -0.15) is 0 Å². The van der Waals surface area contributed by atoms with Gasteiger partial charge in [0, 0.05) is 30.2 Å². The number of carbonyl (C=O) groups is 1. The summed E-state index contributed by atoms with van der Waals surface area (Å²) in [4.78, 5) is 18.7. The van der Waals surface area contributed by atoms with E-state index in [0.29, 0.717) is 17.5 Å². The first kappa shape index (κ1) is 17.9. The first-order valence-corrected chi connectivity index (χ1v) is 9.13. The lowest BCUT2D eigenvalue weighted by Gasteiger charge is -2.24. The molecule has 0 aliphatic heterocycles. The van der Waals surface area contributed by atoms with Crippen molar-refractivity contribution in [3.05, 3.63) is 54.9 Å². The highest BCUT2D eigenvalue weighted by atomic mass is 32.2. The summed E-state index contributed by atoms with van der Waals surface area (Å²) < 4.78 is 1.39. The van der Waals surface area contributed by atoms with E-state index in [0.717, 1.165) is 11.3 Å². The number of anilines is 1. The summed E-state index contributed by atoms with van der Waals surface area (Å²) in [6.45, 7) is 4.38. The predicted molar refractivity (Wildman–Crippen MR) is 103 cm³/mol. The quantitative estimate of drug-likeness (QED) is 0.531. The number of nitrogens with two attached hydrogens (primary N) is 1. The molecule has 2 aromatic heterocycles. The molecular weight excluding hydrogens is 348 g/mol. The van der Waals surface area contributed by atoms with Gasteiger partial charge < -0.3 is 10.7 Å². The SMILES string of the molecule is CCN(C(=O)[C@@H](C)Sc1nnc(-c2cccnc2)n1N)c1ccccc1. The average molecular weight is 368 g/mol. The number of amides is 1. The molecule has 0 radical (unpaired) electrons. The molecule has 0 spiro atoms. The van der Waals surface area contributed by atoms with Crippen LogP contribution in [0.5, 0.6) is 0 Å². The van der Waals surface area contributed by atoms with E-state index in [1.165, 1.54) is 16.4 Å². The Hall–Kier alpha value is -2.87. The molecule has 0 saturated carbocycles. The number of nitrogen functional groups attached to an aromatic ring is 1. The van der Waals surface area contributed by atoms with Gasteiger partial charge in [-0.3, -0.25) is 9.78 Å². The van der Waals surface area contributed by atoms with Gasteiger partial charge in [0.1, 0.15) is 0 Å². The molecule has 0 bridgehead atoms. The van der Waals surface area contributed by atoms with Crippen molar-refractivity contribution in [2.75, 3.05) is 17.3 Å². The van der Waals surface area contributed by atoms with Crippen LogP contribution in [0.25, 0.3) is 11.4 Å². The third kappa shape index (κ3) is 3.70. The van der Waals surface area contributed by atoms with E-state index >= 15 is 0 Å². The van der Waals surface area contributed by atoms with Crippen LogP contribution in [-0.2, 0) is 4.79 Å². The summed E-state index contributed by atoms with van der Waals surface area (Å²) in [7, 11) is 0. The minimum absolute atomic E-state index is 0.00497. The summed E-state index contributed by atoms with van der Waals surface area (Å²) in [6.07, 6.45) is 3.35. The third-order valence-electron chi connectivity index (χ3n) is 3.86. The van der Waals surface area contributed by atoms with Crippen molar-refractivity contribution in [2.45, 2.75) is 24.3 Å². The number of benzene rings is 1. The molecule has 7 nitrogen and oxygen atoms in total. The standard InChI is InChI=1S/C18H20N6OS/c1-3-23(15-9-5-4-6-10-15)17(25)13(2)26-18-22-21-16(24(18)19)14-8-7-11-20-12-14/h4-13H,3,19H2,1-2H3/t13-/m1/s1. The van der Waals surface area contributed by atoms with Gasteiger partial charge >= 0.3 is 0 Å². The van der Waals surface area contributed by atoms with Crippen molar-refractivity contribution in [3.8, 4) is 11.4 Å². The van der Waals surface area contributed by atoms with Gasteiger partial charge in [0.05, 0.1) is 5.25 Å². The highest BCUT2D eigenvalue weighted by molar-refractivity contribution is 8.00. The second-order valence-electron chi connectivity index (χ2n) is 5.60. The fourth-order valence-electron chi connectivity index (χ4n) is 2.55. The number of carbonyl (C=O) groups excluding carboxylic acids is 1. The Morgan fingerprint density at radius 1 is 1.23 bits per heavy atom. The molecule has 0 saturated heterocycles. The van der Waals surface area contributed by atoms with Gasteiger partial charge in [0.2, 0.25) is 11.1 Å². The van der Waals surface area contributed by atoms with Crippen molar-refractivity contribution in [1.82, 2.24) is 19.9 Å². The highest BCUT2D eigenvalue weighted by Gasteiger charge is 2.24. The molecule has 0 aliphatic rings. The van der Waals surface area contributed by atoms with E-state index in [9.17, 15) is 4.79 Å². The molecule has 2 N–H and O–H groups in total. The number of hydrogen-bond donors (Lipinski definition) is 1. The summed E-state index contributed by atoms with van der Waals surface area (Å²) in [5, 5.41) is 8.37. The molecule has 1 aromatic carbocycles. The van der Waals surface area contributed by atoms with Crippen LogP contribution in [-0.4, -0.2) is 37.6 Å². The molecule has 8 heteroatoms. The Bertz CT molecular complexity index is 868. The van der Waals surface area contributed by atoms with Gasteiger partial charge in [-0.05, 0) is 38.1 Å². The van der Waals surface area contributed by atoms with E-state index in [-0.39, 0.29) is 11.2 Å². The maximum Gasteiger partial charge on any atom is 0.240 e. The van der Waals surface area contributed by atoms with Crippen molar-refractivity contribution >= 4 is 23.4 Å². The summed E-state index contributed by atoms with van der Waals surface area (Å²) in [6, 6.07) is 13.3. The molecule has 0 fully saturated rings. The Kier molecular flexibility index (Phi) is 5.52. The van der Waals surface area contributed by atoms with Crippen LogP contribution >= 0.6 is 11.8 Å². The topological polar surface area (TPSA) is 89.9 Å². The minimum atomic E-state index is -0.358. The number of para-hydroxylation sites is 1. The number of nitrogens with zero attached hydrogens (tertiary/aromatic N) is 5. The Balaban J connectivity index is 1.76. The zero-order valence-electron chi connectivity index (χ0n) is 14.6. The Morgan fingerprint density at radius 2 is 2.00 bits per heavy atom. The number of aromatic nitrogens is 4. The van der Waals surface area contributed by atoms with Crippen LogP contribution < -0.4 is 10.7 Å². The van der Waals surface area contributed by atoms with Crippen molar-refractivity contribution in [3.63, 3.8) is 0 Å². The largest absolute Gasteiger partial charge is 0.335 e. The predicted octanol–water partition coefficient (Wildman–Crippen LogP) is 2.59. The molecule has 134 valence electrons. The van der Waals surface area contributed by atoms with Crippen LogP contribution in [0, 0.1) is 0 Å². The lowest BCUT2D eigenvalue weighted by atomic mass is 10.2. The lowest BCUT2D eigenvalue weighted by molar-refractivity contribution is -0.117. The van der Waals surface area contributed by atoms with Crippen molar-refractivity contribution in [1.29, 1.82) is 0 Å². The first-order valence-electron chi connectivity index (χ1n) is 8.25. The van der Waals surface area contributed by atoms with Crippen LogP contribution in [0.4, 0.5) is 5.69 Å². The highest BCUT2D eigenvalue weighted by Crippen LogP contribution is 2.26. The fraction of sp³-hybridized carbons (Fsp3) is 0.222. The van der Waals surface area contributed by atoms with E-state index in [2.05, 4.69) is 15.2 Å². The molecule has 0 unspecified atom stereocenters. The molecule has 0 aliphatic carbocycles. The van der Waals surface area contributed by atoms with E-state index in [4.69, 9.17) is 5.84 Å². The Labute approximate surface area is 156 Å². The lowest BCUT2D eigenvalue weighted by Crippen LogP contribution is -2.36. The minimum Gasteiger partial charge on any atom is -0.335 e. The molecule has 1 amide bonds. The van der Waals surface area contributed by atoms with Crippen molar-refractivity contribution < 1.29 is 4.79 Å². The van der Waals surface area contributed by atoms with Crippen LogP contribution in [0.1, 0.15) is 13.8 Å². The summed E-state index contributed by atoms with van der Waals surface area (Å²) >= 11 is 1.28. The molecule has 3 aromatic rings. The normalized spacial score (nSPS) is 11.9. The van der Waals surface area contributed by atoms with E-state index < -0.39 is 0 Å². The van der Waals surface area contributed by atoms with Crippen LogP contribution in [0.2, 0.25) is 0 Å². The zero-order valence-corrected chi connectivity index (χ0v) is 15.4. The Morgan fingerprint density at radius 3 is 2.65 bits per heavy atom. The smallest absolute Gasteiger partial charge is 0.240 e. The average Bonchev–Trinajstić information content (AvgIpc) is 3.04. The second-order valence-corrected chi connectivity index (χ2v) is 6.90. The monoisotopic (exact) mass is 368 g/mol. The molecular formula is C18H20N6OS. The zero-order chi connectivity index (χ0) is 18.5. The third-order valence-corrected chi connectivity index (χ3v) is 4.91. The van der Waals surface area contributed by atoms with Gasteiger partial charge in [0.15, 0.2) is 5.82 Å². The van der Waals surface area contributed by atoms with Gasteiger partial charge in [-0.15, -0.1) is 10.2 Å². The van der Waals surface area contributed by atoms with E-state index in [1.54, 1.807) is 17.3 Å². The van der Waals surface area contributed by atoms with Gasteiger partial charge in [0.25, 0.3) is 0 Å². The molecule has 2 heterocycles. The van der Waals surface area contributed by atoms with Crippen LogP contribution in [0.3, 0.4) is 0 Å². The molecule has 26 heavy (non-hydrogen) atoms. The van der Waals surface area contributed by atoms with Crippen molar-refractivity contribution in [2.24, 2.45) is 0 Å². The summed E-state index contributed by atoms with van der Waals surface area (Å²) in [5.74, 6) is 6.63. The van der Waals surface area contributed by atoms with Crippen LogP contribution in [0.15, 0.2) is 60.0 Å². The number of rotatable bonds is 6. The van der Waals surface area contributed by atoms with Gasteiger partial charge in [-0.25, -0.2) is 4.68 Å².